The van der Waals surface area contributed by atoms with Crippen molar-refractivity contribution in [2.75, 3.05) is 20.8 Å². The maximum atomic E-state index is 5.40. The molecule has 84 valence electrons. The largest absolute Gasteiger partial charge is 0.480 e. The Morgan fingerprint density at radius 1 is 1.47 bits per heavy atom. The predicted molar refractivity (Wildman–Crippen MR) is 58.3 cm³/mol. The van der Waals surface area contributed by atoms with Crippen molar-refractivity contribution in [2.24, 2.45) is 0 Å². The maximum absolute atomic E-state index is 5.40. The number of methoxy groups -OCH3 is 2. The molecule has 0 spiro atoms. The Balaban J connectivity index is 2.69. The summed E-state index contributed by atoms with van der Waals surface area (Å²) in [5.74, 6) is 0.449. The zero-order chi connectivity index (χ0) is 11.3. The third-order valence-corrected chi connectivity index (χ3v) is 2.14. The summed E-state index contributed by atoms with van der Waals surface area (Å²) in [5.41, 5.74) is 0. The fraction of sp³-hybridized carbons (Fsp3) is 0.556. The lowest BCUT2D eigenvalue weighted by atomic mass is 10.4. The van der Waals surface area contributed by atoms with Gasteiger partial charge in [0.05, 0.1) is 24.4 Å². The second kappa shape index (κ2) is 5.87. The van der Waals surface area contributed by atoms with Crippen molar-refractivity contribution < 1.29 is 14.2 Å². The van der Waals surface area contributed by atoms with Crippen LogP contribution in [-0.2, 0) is 4.74 Å². The summed E-state index contributed by atoms with van der Waals surface area (Å²) in [5, 5.41) is 0. The van der Waals surface area contributed by atoms with Crippen LogP contribution >= 0.6 is 15.9 Å². The van der Waals surface area contributed by atoms with Crippen LogP contribution in [0.4, 0.5) is 0 Å². The summed E-state index contributed by atoms with van der Waals surface area (Å²) in [4.78, 5) is 8.05. The third kappa shape index (κ3) is 3.64. The van der Waals surface area contributed by atoms with Gasteiger partial charge in [-0.15, -0.1) is 0 Å². The first-order valence-electron chi connectivity index (χ1n) is 4.39. The SMILES string of the molecule is COCC(C)Oc1ncc(Br)c(OC)n1. The van der Waals surface area contributed by atoms with Crippen LogP contribution in [-0.4, -0.2) is 36.9 Å². The minimum absolute atomic E-state index is 0.0964. The third-order valence-electron chi connectivity index (χ3n) is 1.59. The molecule has 1 unspecified atom stereocenters. The van der Waals surface area contributed by atoms with Gasteiger partial charge in [0, 0.05) is 7.11 Å². The molecule has 15 heavy (non-hydrogen) atoms. The van der Waals surface area contributed by atoms with Crippen molar-refractivity contribution in [1.29, 1.82) is 0 Å². The number of ether oxygens (including phenoxy) is 3. The summed E-state index contributed by atoms with van der Waals surface area (Å²) in [6.07, 6.45) is 1.49. The van der Waals surface area contributed by atoms with E-state index in [2.05, 4.69) is 25.9 Å². The van der Waals surface area contributed by atoms with Gasteiger partial charge in [0.15, 0.2) is 0 Å². The first-order chi connectivity index (χ1) is 7.17. The van der Waals surface area contributed by atoms with Crippen molar-refractivity contribution in [1.82, 2.24) is 9.97 Å². The summed E-state index contributed by atoms with van der Waals surface area (Å²) >= 11 is 3.26. The Kier molecular flexibility index (Phi) is 4.77. The fourth-order valence-corrected chi connectivity index (χ4v) is 1.34. The van der Waals surface area contributed by atoms with Gasteiger partial charge in [-0.1, -0.05) is 0 Å². The molecule has 1 aromatic rings. The smallest absolute Gasteiger partial charge is 0.320 e. The number of rotatable bonds is 5. The number of hydrogen-bond donors (Lipinski definition) is 0. The molecule has 1 atom stereocenters. The van der Waals surface area contributed by atoms with Crippen molar-refractivity contribution >= 4 is 15.9 Å². The van der Waals surface area contributed by atoms with Crippen LogP contribution in [0.15, 0.2) is 10.7 Å². The molecule has 0 bridgehead atoms. The van der Waals surface area contributed by atoms with Crippen molar-refractivity contribution in [2.45, 2.75) is 13.0 Å². The summed E-state index contributed by atoms with van der Waals surface area (Å²) in [7, 11) is 3.15. The van der Waals surface area contributed by atoms with E-state index in [1.54, 1.807) is 13.3 Å². The molecule has 0 saturated heterocycles. The van der Waals surface area contributed by atoms with Gasteiger partial charge in [-0.25, -0.2) is 4.98 Å². The Labute approximate surface area is 96.9 Å². The van der Waals surface area contributed by atoms with Crippen molar-refractivity contribution in [3.8, 4) is 11.9 Å². The highest BCUT2D eigenvalue weighted by atomic mass is 79.9. The van der Waals surface area contributed by atoms with Gasteiger partial charge in [0.25, 0.3) is 0 Å². The summed E-state index contributed by atoms with van der Waals surface area (Å²) in [6, 6.07) is 0.277. The van der Waals surface area contributed by atoms with E-state index in [1.165, 1.54) is 7.11 Å². The van der Waals surface area contributed by atoms with Crippen LogP contribution < -0.4 is 9.47 Å². The van der Waals surface area contributed by atoms with Crippen molar-refractivity contribution in [3.63, 3.8) is 0 Å². The number of hydrogen-bond acceptors (Lipinski definition) is 5. The van der Waals surface area contributed by atoms with E-state index < -0.39 is 0 Å². The van der Waals surface area contributed by atoms with E-state index in [1.807, 2.05) is 6.92 Å². The lowest BCUT2D eigenvalue weighted by molar-refractivity contribution is 0.0849. The molecule has 0 amide bonds. The van der Waals surface area contributed by atoms with Crippen LogP contribution in [0.3, 0.4) is 0 Å². The van der Waals surface area contributed by atoms with Gasteiger partial charge in [0.2, 0.25) is 5.88 Å². The fourth-order valence-electron chi connectivity index (χ4n) is 0.985. The van der Waals surface area contributed by atoms with E-state index in [0.29, 0.717) is 17.0 Å². The summed E-state index contributed by atoms with van der Waals surface area (Å²) in [6.45, 7) is 2.36. The second-order valence-corrected chi connectivity index (χ2v) is 3.75. The number of aromatic nitrogens is 2. The summed E-state index contributed by atoms with van der Waals surface area (Å²) < 4.78 is 16.0. The molecule has 1 rings (SSSR count). The first kappa shape index (κ1) is 12.2. The minimum Gasteiger partial charge on any atom is -0.480 e. The zero-order valence-electron chi connectivity index (χ0n) is 8.86. The monoisotopic (exact) mass is 276 g/mol. The van der Waals surface area contributed by atoms with E-state index in [4.69, 9.17) is 14.2 Å². The highest BCUT2D eigenvalue weighted by Crippen LogP contribution is 2.22. The first-order valence-corrected chi connectivity index (χ1v) is 5.18. The van der Waals surface area contributed by atoms with Gasteiger partial charge in [-0.2, -0.15) is 4.98 Å². The Hall–Kier alpha value is -0.880. The highest BCUT2D eigenvalue weighted by Gasteiger charge is 2.09. The second-order valence-electron chi connectivity index (χ2n) is 2.89. The van der Waals surface area contributed by atoms with Crippen molar-refractivity contribution in [3.05, 3.63) is 10.7 Å². The molecule has 0 aromatic carbocycles. The molecule has 0 N–H and O–H groups in total. The average Bonchev–Trinajstić information content (AvgIpc) is 2.21. The Bertz CT molecular complexity index is 322. The molecule has 0 radical (unpaired) electrons. The van der Waals surface area contributed by atoms with Gasteiger partial charge >= 0.3 is 6.01 Å². The van der Waals surface area contributed by atoms with Crippen LogP contribution in [0, 0.1) is 0 Å². The van der Waals surface area contributed by atoms with E-state index in [-0.39, 0.29) is 12.1 Å². The molecule has 0 aliphatic carbocycles. The molecule has 0 fully saturated rings. The molecule has 6 heteroatoms. The molecule has 0 aliphatic rings. The van der Waals surface area contributed by atoms with Gasteiger partial charge in [-0.05, 0) is 22.9 Å². The molecule has 0 aliphatic heterocycles. The van der Waals surface area contributed by atoms with Crippen LogP contribution in [0.5, 0.6) is 11.9 Å². The topological polar surface area (TPSA) is 53.5 Å². The normalized spacial score (nSPS) is 12.3. The van der Waals surface area contributed by atoms with E-state index in [0.717, 1.165) is 0 Å². The standard InChI is InChI=1S/C9H13BrN2O3/c1-6(5-13-2)15-9-11-4-7(10)8(12-9)14-3/h4,6H,5H2,1-3H3. The minimum atomic E-state index is -0.0964. The molecule has 1 aromatic heterocycles. The molecule has 5 nitrogen and oxygen atoms in total. The quantitative estimate of drug-likeness (QED) is 0.819. The molecular weight excluding hydrogens is 264 g/mol. The Morgan fingerprint density at radius 3 is 2.80 bits per heavy atom. The molecular formula is C9H13BrN2O3. The average molecular weight is 277 g/mol. The zero-order valence-corrected chi connectivity index (χ0v) is 10.4. The maximum Gasteiger partial charge on any atom is 0.320 e. The Morgan fingerprint density at radius 2 is 2.20 bits per heavy atom. The van der Waals surface area contributed by atoms with Crippen LogP contribution in [0.1, 0.15) is 6.92 Å². The van der Waals surface area contributed by atoms with Crippen LogP contribution in [0.2, 0.25) is 0 Å². The highest BCUT2D eigenvalue weighted by molar-refractivity contribution is 9.10. The predicted octanol–water partition coefficient (Wildman–Crippen LogP) is 1.66. The molecule has 1 heterocycles. The van der Waals surface area contributed by atoms with Gasteiger partial charge < -0.3 is 14.2 Å². The number of nitrogens with zero attached hydrogens (tertiary/aromatic N) is 2. The van der Waals surface area contributed by atoms with E-state index in [9.17, 15) is 0 Å². The number of halogens is 1. The lowest BCUT2D eigenvalue weighted by Crippen LogP contribution is -2.19. The molecule has 0 saturated carbocycles. The van der Waals surface area contributed by atoms with Gasteiger partial charge in [-0.3, -0.25) is 0 Å². The van der Waals surface area contributed by atoms with Crippen LogP contribution in [0.25, 0.3) is 0 Å². The van der Waals surface area contributed by atoms with E-state index >= 15 is 0 Å². The van der Waals surface area contributed by atoms with Gasteiger partial charge in [0.1, 0.15) is 6.10 Å². The lowest BCUT2D eigenvalue weighted by Gasteiger charge is -2.12.